The lowest BCUT2D eigenvalue weighted by molar-refractivity contribution is 0.214. The minimum Gasteiger partial charge on any atom is -0.399 e. The Morgan fingerprint density at radius 3 is 2.44 bits per heavy atom. The van der Waals surface area contributed by atoms with Crippen molar-refractivity contribution in [3.8, 4) is 0 Å². The molecule has 92 valence electrons. The second-order valence-corrected chi connectivity index (χ2v) is 4.77. The van der Waals surface area contributed by atoms with E-state index in [1.54, 1.807) is 6.20 Å². The molecule has 0 aliphatic heterocycles. The third-order valence-electron chi connectivity index (χ3n) is 2.48. The van der Waals surface area contributed by atoms with Crippen LogP contribution in [0.2, 0.25) is 0 Å². The molecule has 0 saturated heterocycles. The van der Waals surface area contributed by atoms with Crippen molar-refractivity contribution in [1.82, 2.24) is 4.98 Å². The second-order valence-electron chi connectivity index (χ2n) is 3.85. The molecule has 0 bridgehead atoms. The van der Waals surface area contributed by atoms with Crippen molar-refractivity contribution < 1.29 is 4.84 Å². The smallest absolute Gasteiger partial charge is 0.135 e. The van der Waals surface area contributed by atoms with Crippen molar-refractivity contribution >= 4 is 21.6 Å². The number of hydrogen-bond acceptors (Lipinski definition) is 3. The summed E-state index contributed by atoms with van der Waals surface area (Å²) < 4.78 is 0.937. The zero-order chi connectivity index (χ0) is 13.0. The highest BCUT2D eigenvalue weighted by Gasteiger charge is 2.09. The Morgan fingerprint density at radius 2 is 1.89 bits per heavy atom. The van der Waals surface area contributed by atoms with Gasteiger partial charge in [0.25, 0.3) is 0 Å². The van der Waals surface area contributed by atoms with Crippen LogP contribution in [0.15, 0.2) is 52.2 Å². The highest BCUT2D eigenvalue weighted by molar-refractivity contribution is 9.10. The summed E-state index contributed by atoms with van der Waals surface area (Å²) in [6.07, 6.45) is 1.74. The van der Waals surface area contributed by atoms with Gasteiger partial charge in [-0.25, -0.2) is 0 Å². The molecule has 0 atom stereocenters. The van der Waals surface area contributed by atoms with E-state index in [-0.39, 0.29) is 0 Å². The fourth-order valence-corrected chi connectivity index (χ4v) is 1.80. The van der Waals surface area contributed by atoms with Gasteiger partial charge in [-0.2, -0.15) is 0 Å². The second kappa shape index (κ2) is 5.78. The highest BCUT2D eigenvalue weighted by atomic mass is 79.9. The highest BCUT2D eigenvalue weighted by Crippen LogP contribution is 2.13. The molecule has 1 aromatic heterocycles. The van der Waals surface area contributed by atoms with Crippen LogP contribution in [0.25, 0.3) is 0 Å². The largest absolute Gasteiger partial charge is 0.399 e. The van der Waals surface area contributed by atoms with E-state index in [9.17, 15) is 0 Å². The quantitative estimate of drug-likeness (QED) is 0.642. The van der Waals surface area contributed by atoms with Gasteiger partial charge in [0.1, 0.15) is 12.8 Å². The van der Waals surface area contributed by atoms with Crippen molar-refractivity contribution in [2.75, 3.05) is 7.11 Å². The van der Waals surface area contributed by atoms with Crippen LogP contribution in [0, 0.1) is 6.92 Å². The maximum Gasteiger partial charge on any atom is 0.135 e. The fourth-order valence-electron chi connectivity index (χ4n) is 1.57. The van der Waals surface area contributed by atoms with Gasteiger partial charge in [-0.1, -0.05) is 35.0 Å². The van der Waals surface area contributed by atoms with E-state index < -0.39 is 0 Å². The molecule has 1 aromatic carbocycles. The zero-order valence-electron chi connectivity index (χ0n) is 10.2. The number of pyridine rings is 1. The van der Waals surface area contributed by atoms with E-state index in [1.807, 2.05) is 36.4 Å². The molecule has 2 aromatic rings. The number of aryl methyl sites for hydroxylation is 1. The number of benzene rings is 1. The lowest BCUT2D eigenvalue weighted by atomic mass is 10.1. The molecular weight excluding hydrogens is 292 g/mol. The summed E-state index contributed by atoms with van der Waals surface area (Å²) in [7, 11) is 1.53. The summed E-state index contributed by atoms with van der Waals surface area (Å²) >= 11 is 3.37. The Balaban J connectivity index is 2.43. The summed E-state index contributed by atoms with van der Waals surface area (Å²) in [5.41, 5.74) is 3.70. The molecule has 0 amide bonds. The van der Waals surface area contributed by atoms with Gasteiger partial charge in [0.05, 0.1) is 5.69 Å². The summed E-state index contributed by atoms with van der Waals surface area (Å²) in [5.74, 6) is 0. The first-order chi connectivity index (χ1) is 8.70. The first-order valence-electron chi connectivity index (χ1n) is 5.51. The molecule has 0 saturated carbocycles. The molecular formula is C14H13BrN2O. The third-order valence-corrected chi connectivity index (χ3v) is 2.95. The van der Waals surface area contributed by atoms with Crippen LogP contribution in [-0.4, -0.2) is 17.8 Å². The van der Waals surface area contributed by atoms with E-state index >= 15 is 0 Å². The Kier molecular flexibility index (Phi) is 4.10. The average Bonchev–Trinajstić information content (AvgIpc) is 2.39. The lowest BCUT2D eigenvalue weighted by Crippen LogP contribution is -2.06. The van der Waals surface area contributed by atoms with E-state index in [2.05, 4.69) is 33.0 Å². The van der Waals surface area contributed by atoms with Gasteiger partial charge >= 0.3 is 0 Å². The van der Waals surface area contributed by atoms with Crippen molar-refractivity contribution in [2.45, 2.75) is 6.92 Å². The first-order valence-corrected chi connectivity index (χ1v) is 6.30. The van der Waals surface area contributed by atoms with Gasteiger partial charge in [-0.15, -0.1) is 0 Å². The van der Waals surface area contributed by atoms with Crippen LogP contribution >= 0.6 is 15.9 Å². The fraction of sp³-hybridized carbons (Fsp3) is 0.143. The van der Waals surface area contributed by atoms with Crippen LogP contribution in [0.5, 0.6) is 0 Å². The van der Waals surface area contributed by atoms with Crippen LogP contribution < -0.4 is 0 Å². The minimum absolute atomic E-state index is 0.727. The van der Waals surface area contributed by atoms with Crippen LogP contribution in [0.4, 0.5) is 0 Å². The number of hydrogen-bond donors (Lipinski definition) is 0. The molecule has 18 heavy (non-hydrogen) atoms. The monoisotopic (exact) mass is 304 g/mol. The molecule has 2 rings (SSSR count). The van der Waals surface area contributed by atoms with E-state index in [0.29, 0.717) is 0 Å². The van der Waals surface area contributed by atoms with Crippen molar-refractivity contribution in [1.29, 1.82) is 0 Å². The molecule has 0 radical (unpaired) electrons. The molecule has 4 heteroatoms. The molecule has 0 aliphatic rings. The molecule has 1 heterocycles. The number of oxime groups is 1. The predicted molar refractivity (Wildman–Crippen MR) is 75.8 cm³/mol. The maximum atomic E-state index is 4.91. The van der Waals surface area contributed by atoms with Crippen LogP contribution in [0.1, 0.15) is 16.8 Å². The van der Waals surface area contributed by atoms with Gasteiger partial charge in [0.15, 0.2) is 0 Å². The van der Waals surface area contributed by atoms with Crippen LogP contribution in [-0.2, 0) is 4.84 Å². The Hall–Kier alpha value is -1.68. The van der Waals surface area contributed by atoms with E-state index in [0.717, 1.165) is 21.4 Å². The van der Waals surface area contributed by atoms with Gasteiger partial charge in [0, 0.05) is 16.2 Å². The number of aromatic nitrogens is 1. The Bertz CT molecular complexity index is 500. The maximum absolute atomic E-state index is 4.91. The van der Waals surface area contributed by atoms with Crippen LogP contribution in [0.3, 0.4) is 0 Å². The van der Waals surface area contributed by atoms with Gasteiger partial charge < -0.3 is 4.84 Å². The molecule has 0 unspecified atom stereocenters. The standard InChI is InChI=1S/C14H13BrN2O/c1-10-3-5-11(6-4-10)14(17-18-2)13-8-7-12(15)9-16-13/h3-9H,1-2H3/b17-14-. The normalized spacial score (nSPS) is 11.4. The van der Waals surface area contributed by atoms with Gasteiger partial charge in [0.2, 0.25) is 0 Å². The van der Waals surface area contributed by atoms with E-state index in [4.69, 9.17) is 4.84 Å². The topological polar surface area (TPSA) is 34.5 Å². The van der Waals surface area contributed by atoms with Crippen molar-refractivity contribution in [2.24, 2.45) is 5.16 Å². The van der Waals surface area contributed by atoms with E-state index in [1.165, 1.54) is 12.7 Å². The van der Waals surface area contributed by atoms with Crippen molar-refractivity contribution in [3.05, 3.63) is 63.9 Å². The number of halogens is 1. The Morgan fingerprint density at radius 1 is 1.17 bits per heavy atom. The SMILES string of the molecule is CO/N=C(/c1ccc(C)cc1)c1ccc(Br)cn1. The molecule has 0 N–H and O–H groups in total. The summed E-state index contributed by atoms with van der Waals surface area (Å²) in [4.78, 5) is 9.25. The Labute approximate surface area is 115 Å². The zero-order valence-corrected chi connectivity index (χ0v) is 11.8. The summed E-state index contributed by atoms with van der Waals surface area (Å²) in [6, 6.07) is 11.9. The van der Waals surface area contributed by atoms with Crippen molar-refractivity contribution in [3.63, 3.8) is 0 Å². The third kappa shape index (κ3) is 2.96. The predicted octanol–water partition coefficient (Wildman–Crippen LogP) is 3.55. The van der Waals surface area contributed by atoms with Gasteiger partial charge in [-0.05, 0) is 35.0 Å². The molecule has 0 fully saturated rings. The van der Waals surface area contributed by atoms with Gasteiger partial charge in [-0.3, -0.25) is 4.98 Å². The minimum atomic E-state index is 0.727. The first kappa shape index (κ1) is 12.8. The molecule has 0 spiro atoms. The molecule has 3 nitrogen and oxygen atoms in total. The molecule has 0 aliphatic carbocycles. The lowest BCUT2D eigenvalue weighted by Gasteiger charge is -2.06. The summed E-state index contributed by atoms with van der Waals surface area (Å²) in [6.45, 7) is 2.05. The number of nitrogens with zero attached hydrogens (tertiary/aromatic N) is 2. The number of rotatable bonds is 3. The summed E-state index contributed by atoms with van der Waals surface area (Å²) in [5, 5.41) is 4.06. The average molecular weight is 305 g/mol.